The van der Waals surface area contributed by atoms with Gasteiger partial charge in [-0.2, -0.15) is 30.9 Å². The normalized spacial score (nSPS) is 24.1. The molecule has 3 aromatic carbocycles. The fraction of sp³-hybridized carbons (Fsp3) is 0.485. The first-order valence-corrected chi connectivity index (χ1v) is 35.5. The molecule has 12 atom stereocenters. The number of nitriles is 2. The maximum atomic E-state index is 14.2. The predicted molar refractivity (Wildman–Crippen MR) is 358 cm³/mol. The van der Waals surface area contributed by atoms with Crippen molar-refractivity contribution >= 4 is 55.8 Å². The Morgan fingerprint density at radius 1 is 0.620 bits per heavy atom. The number of esters is 2. The maximum absolute atomic E-state index is 14.2. The van der Waals surface area contributed by atoms with E-state index in [0.717, 1.165) is 25.7 Å². The monoisotopic (exact) mass is 1420 g/mol. The van der Waals surface area contributed by atoms with E-state index in [1.54, 1.807) is 113 Å². The van der Waals surface area contributed by atoms with Gasteiger partial charge in [-0.05, 0) is 114 Å². The van der Waals surface area contributed by atoms with Crippen molar-refractivity contribution in [2.24, 2.45) is 11.8 Å². The van der Waals surface area contributed by atoms with E-state index in [2.05, 4.69) is 42.5 Å². The van der Waals surface area contributed by atoms with Crippen LogP contribution >= 0.6 is 15.5 Å². The molecular weight excluding hydrogens is 1340 g/mol. The summed E-state index contributed by atoms with van der Waals surface area (Å²) in [6, 6.07) is 31.0. The molecule has 7 N–H and O–H groups in total. The number of aliphatic hydroxyl groups excluding tert-OH is 1. The molecule has 0 saturated carbocycles. The number of nitro groups is 1. The molecule has 100 heavy (non-hydrogen) atoms. The van der Waals surface area contributed by atoms with Crippen molar-refractivity contribution in [3.63, 3.8) is 0 Å². The first kappa shape index (κ1) is 75.5. The highest BCUT2D eigenvalue weighted by molar-refractivity contribution is 7.52. The number of rotatable bonds is 27. The van der Waals surface area contributed by atoms with Crippen molar-refractivity contribution in [1.29, 1.82) is 10.5 Å². The van der Waals surface area contributed by atoms with E-state index in [4.69, 9.17) is 67.5 Å². The Hall–Kier alpha value is -8.72. The molecule has 0 aliphatic carbocycles. The summed E-state index contributed by atoms with van der Waals surface area (Å²) in [6.07, 6.45) is 1.45. The Morgan fingerprint density at radius 3 is 1.43 bits per heavy atom. The molecule has 11 rings (SSSR count). The number of nitro benzene ring substituents is 1. The molecule has 34 heteroatoms. The van der Waals surface area contributed by atoms with Crippen molar-refractivity contribution in [3.05, 3.63) is 143 Å². The number of ether oxygens (including phenoxy) is 8. The highest BCUT2D eigenvalue weighted by Crippen LogP contribution is 2.53. The maximum Gasteiger partial charge on any atom is 0.513 e. The quantitative estimate of drug-likeness (QED) is 0.0138. The standard InChI is InChI=1S/C30H39N6O8P.C21H27N2O7P.C15H17N5O4/c1-6-20(7-2)15-39-28(37)19(3)35-45(38,44-21-11-9-8-10-12-21)40-16-23-25-26(43-29(4,5)42-25)30(17-31,41-23)24-14-13-22-27(32)33-18-34-36(22)24;1-4-17(5-2)15-28-21(24)16(3)22-31(27,29-19-9-7-6-8-10-19)30-20-13-11-18(12-14-20)23(25)26;1-14(2)23-11-9(5-21)22-15(6-16,12(11)24-14)10-4-3-8-13(17)18-7-19-20(8)10/h8-14,18-20,23,25-26H,6-7,15-16H2,1-5H3,(H,35,38)(H2,32,33,34);6-14,16-17H,4-5,15H2,1-3H3,(H,22,27);3-4,7,9,11-12,21H,5H2,1-2H3,(H2,17,18,19)/t19-,23+,25+,26+,30-,45-;16-,31-;9-,11-,12-,15+/m001/s1. The zero-order valence-corrected chi connectivity index (χ0v) is 58.6. The van der Waals surface area contributed by atoms with E-state index in [-0.39, 0.29) is 67.0 Å². The van der Waals surface area contributed by atoms with Gasteiger partial charge in [0.25, 0.3) is 5.69 Å². The number of nitrogens with one attached hydrogen (secondary N) is 2. The number of aliphatic hydroxyl groups is 1. The molecule has 4 aliphatic heterocycles. The van der Waals surface area contributed by atoms with E-state index in [1.807, 2.05) is 27.7 Å². The summed E-state index contributed by atoms with van der Waals surface area (Å²) in [5, 5.41) is 54.8. The van der Waals surface area contributed by atoms with Crippen LogP contribution in [0.3, 0.4) is 0 Å². The van der Waals surface area contributed by atoms with Crippen LogP contribution in [0, 0.1) is 44.6 Å². The van der Waals surface area contributed by atoms with Crippen molar-refractivity contribution in [2.75, 3.05) is 37.9 Å². The Bertz CT molecular complexity index is 4150. The van der Waals surface area contributed by atoms with Crippen molar-refractivity contribution in [1.82, 2.24) is 39.4 Å². The van der Waals surface area contributed by atoms with Gasteiger partial charge < -0.3 is 68.0 Å². The smallest absolute Gasteiger partial charge is 0.464 e. The summed E-state index contributed by atoms with van der Waals surface area (Å²) in [5.41, 5.74) is 10.4. The molecule has 32 nitrogen and oxygen atoms in total. The van der Waals surface area contributed by atoms with Crippen LogP contribution in [0.5, 0.6) is 17.2 Å². The van der Waals surface area contributed by atoms with Gasteiger partial charge in [-0.1, -0.05) is 89.8 Å². The third kappa shape index (κ3) is 17.0. The molecular formula is C66H83N13O19P2. The first-order chi connectivity index (χ1) is 47.6. The Labute approximate surface area is 577 Å². The molecule has 8 heterocycles. The lowest BCUT2D eigenvalue weighted by molar-refractivity contribution is -0.384. The third-order valence-corrected chi connectivity index (χ3v) is 20.2. The van der Waals surface area contributed by atoms with Crippen LogP contribution in [0.1, 0.15) is 106 Å². The van der Waals surface area contributed by atoms with Crippen LogP contribution in [0.2, 0.25) is 0 Å². The number of nitrogens with zero attached hydrogens (tertiary/aromatic N) is 9. The molecule has 0 radical (unpaired) electrons. The number of para-hydroxylation sites is 2. The van der Waals surface area contributed by atoms with E-state index < -0.39 is 104 Å². The summed E-state index contributed by atoms with van der Waals surface area (Å²) >= 11 is 0. The van der Waals surface area contributed by atoms with Crippen LogP contribution in [-0.2, 0) is 72.3 Å². The summed E-state index contributed by atoms with van der Waals surface area (Å²) in [6.45, 7) is 18.0. The highest BCUT2D eigenvalue weighted by atomic mass is 31.2. The lowest BCUT2D eigenvalue weighted by Crippen LogP contribution is -2.40. The molecule has 0 bridgehead atoms. The molecule has 0 unspecified atom stereocenters. The largest absolute Gasteiger partial charge is 0.513 e. The van der Waals surface area contributed by atoms with E-state index in [1.165, 1.54) is 59.8 Å². The number of non-ortho nitro benzene ring substituents is 1. The zero-order chi connectivity index (χ0) is 72.4. The average molecular weight is 1420 g/mol. The molecule has 4 saturated heterocycles. The van der Waals surface area contributed by atoms with Crippen molar-refractivity contribution in [3.8, 4) is 29.4 Å². The Balaban J connectivity index is 0.000000185. The number of carbonyl (C=O) groups excluding carboxylic acids is 2. The molecule has 0 amide bonds. The third-order valence-electron chi connectivity index (χ3n) is 17.0. The second kappa shape index (κ2) is 31.9. The minimum atomic E-state index is -4.24. The minimum absolute atomic E-state index is 0.0787. The first-order valence-electron chi connectivity index (χ1n) is 32.5. The highest BCUT2D eigenvalue weighted by Gasteiger charge is 2.67. The second-order valence-corrected chi connectivity index (χ2v) is 28.1. The zero-order valence-electron chi connectivity index (χ0n) is 56.8. The van der Waals surface area contributed by atoms with Crippen LogP contribution < -0.4 is 35.2 Å². The number of anilines is 2. The van der Waals surface area contributed by atoms with Gasteiger partial charge >= 0.3 is 27.4 Å². The van der Waals surface area contributed by atoms with Crippen molar-refractivity contribution < 1.29 is 84.7 Å². The number of aromatic nitrogens is 6. The van der Waals surface area contributed by atoms with Gasteiger partial charge in [0.15, 0.2) is 23.2 Å². The average Bonchev–Trinajstić information content (AvgIpc) is 1.56. The molecule has 4 fully saturated rings. The number of nitrogen functional groups attached to an aromatic ring is 2. The number of fused-ring (bicyclic) bond motifs is 4. The minimum Gasteiger partial charge on any atom is -0.464 e. The van der Waals surface area contributed by atoms with Crippen LogP contribution in [0.15, 0.2) is 122 Å². The molecule has 4 aromatic heterocycles. The molecule has 536 valence electrons. The predicted octanol–water partition coefficient (Wildman–Crippen LogP) is 9.17. The second-order valence-electron chi connectivity index (χ2n) is 24.8. The SMILES string of the molecule is CC1(C)O[C@H]2[C@@H](O1)[C@](C#N)(c1ccc3c(N)ncnn13)O[C@@H]2CO.CCC(CC)COC(=O)[C@H](C)N[P@](=O)(OC[C@H]1O[C@@](C#N)(c2ccc3c(N)ncnn23)[C@@H]2OC(C)(C)O[C@@H]21)Oc1ccccc1.CCC(CC)COC(=O)[C@H](C)N[P@](=O)(Oc1ccccc1)Oc1ccc([N+](=O)[O-])cc1. The number of carbonyl (C=O) groups is 2. The van der Waals surface area contributed by atoms with E-state index >= 15 is 0 Å². The van der Waals surface area contributed by atoms with Gasteiger partial charge in [-0.25, -0.2) is 28.1 Å². The van der Waals surface area contributed by atoms with Crippen molar-refractivity contribution in [2.45, 2.75) is 166 Å². The summed E-state index contributed by atoms with van der Waals surface area (Å²) < 4.78 is 101. The summed E-state index contributed by atoms with van der Waals surface area (Å²) in [5.74, 6) is -1.56. The molecule has 4 aliphatic rings. The lowest BCUT2D eigenvalue weighted by atomic mass is 9.92. The molecule has 0 spiro atoms. The number of nitrogens with two attached hydrogens (primary N) is 2. The fourth-order valence-electron chi connectivity index (χ4n) is 11.6. The van der Waals surface area contributed by atoms with Crippen LogP contribution in [0.25, 0.3) is 11.0 Å². The Morgan fingerprint density at radius 2 is 1.02 bits per heavy atom. The van der Waals surface area contributed by atoms with Gasteiger partial charge in [-0.3, -0.25) is 24.2 Å². The number of hydrogen-bond donors (Lipinski definition) is 5. The van der Waals surface area contributed by atoms with Gasteiger partial charge in [0.05, 0.1) is 42.7 Å². The van der Waals surface area contributed by atoms with Crippen LogP contribution in [-0.4, -0.2) is 138 Å². The lowest BCUT2D eigenvalue weighted by Gasteiger charge is -2.29. The molecule has 7 aromatic rings. The fourth-order valence-corrected chi connectivity index (χ4v) is 14.6. The summed E-state index contributed by atoms with van der Waals surface area (Å²) in [4.78, 5) is 43.5. The van der Waals surface area contributed by atoms with E-state index in [9.17, 15) is 44.5 Å². The van der Waals surface area contributed by atoms with Gasteiger partial charge in [0.1, 0.15) is 102 Å². The van der Waals surface area contributed by atoms with Gasteiger partial charge in [0, 0.05) is 12.1 Å². The Kier molecular flexibility index (Phi) is 24.1. The van der Waals surface area contributed by atoms with E-state index in [0.29, 0.717) is 28.2 Å². The van der Waals surface area contributed by atoms with Crippen LogP contribution in [0.4, 0.5) is 17.3 Å². The van der Waals surface area contributed by atoms with Gasteiger partial charge in [0.2, 0.25) is 11.2 Å². The van der Waals surface area contributed by atoms with Gasteiger partial charge in [-0.15, -0.1) is 0 Å². The topological polar surface area (TPSA) is 426 Å². The number of hydrogen-bond acceptors (Lipinski definition) is 27. The summed E-state index contributed by atoms with van der Waals surface area (Å²) in [7, 11) is -8.34. The number of benzene rings is 3.